The van der Waals surface area contributed by atoms with Crippen LogP contribution in [0.15, 0.2) is 23.4 Å². The molecular weight excluding hydrogens is 277 g/mol. The van der Waals surface area contributed by atoms with Crippen LogP contribution in [-0.2, 0) is 10.9 Å². The van der Waals surface area contributed by atoms with Crippen molar-refractivity contribution in [2.45, 2.75) is 19.2 Å². The number of nitrogens with two attached hydrogens (primary N) is 1. The quantitative estimate of drug-likeness (QED) is 0.377. The highest BCUT2D eigenvalue weighted by Gasteiger charge is 2.35. The highest BCUT2D eigenvalue weighted by Crippen LogP contribution is 2.36. The van der Waals surface area contributed by atoms with Crippen molar-refractivity contribution in [1.82, 2.24) is 0 Å². The number of hydrogen-bond donors (Lipinski definition) is 2. The molecule has 0 aromatic heterocycles. The van der Waals surface area contributed by atoms with Gasteiger partial charge in [-0.2, -0.15) is 13.2 Å². The molecule has 0 heterocycles. The van der Waals surface area contributed by atoms with E-state index in [9.17, 15) is 13.2 Å². The molecule has 0 aliphatic heterocycles. The van der Waals surface area contributed by atoms with Crippen molar-refractivity contribution in [2.24, 2.45) is 10.9 Å². The average Bonchev–Trinajstić information content (AvgIpc) is 2.42. The molecule has 0 radical (unpaired) electrons. The Morgan fingerprint density at radius 1 is 1.45 bits per heavy atom. The maximum absolute atomic E-state index is 12.9. The Labute approximate surface area is 113 Å². The van der Waals surface area contributed by atoms with E-state index in [1.54, 1.807) is 6.92 Å². The van der Waals surface area contributed by atoms with Crippen LogP contribution in [0, 0.1) is 0 Å². The second-order valence-electron chi connectivity index (χ2n) is 4.05. The predicted octanol–water partition coefficient (Wildman–Crippen LogP) is 2.21. The van der Waals surface area contributed by atoms with Gasteiger partial charge >= 0.3 is 6.18 Å². The molecule has 0 aliphatic rings. The molecule has 0 saturated carbocycles. The Balaban J connectivity index is 3.11. The Bertz CT molecular complexity index is 489. The predicted molar refractivity (Wildman–Crippen MR) is 65.9 cm³/mol. The minimum Gasteiger partial charge on any atom is -0.490 e. The maximum Gasteiger partial charge on any atom is 0.419 e. The number of rotatable bonds is 5. The summed E-state index contributed by atoms with van der Waals surface area (Å²) < 4.78 is 48.8. The van der Waals surface area contributed by atoms with Crippen molar-refractivity contribution < 1.29 is 27.9 Å². The van der Waals surface area contributed by atoms with Crippen LogP contribution in [-0.4, -0.2) is 30.9 Å². The molecule has 1 aromatic carbocycles. The Kier molecular flexibility index (Phi) is 5.20. The highest BCUT2D eigenvalue weighted by atomic mass is 19.4. The van der Waals surface area contributed by atoms with Gasteiger partial charge in [-0.1, -0.05) is 5.16 Å². The molecular formula is C12H15F3N2O3. The van der Waals surface area contributed by atoms with Crippen molar-refractivity contribution in [3.63, 3.8) is 0 Å². The molecule has 0 bridgehead atoms. The van der Waals surface area contributed by atoms with E-state index in [0.717, 1.165) is 12.1 Å². The first-order valence-electron chi connectivity index (χ1n) is 5.64. The molecule has 20 heavy (non-hydrogen) atoms. The average molecular weight is 292 g/mol. The smallest absolute Gasteiger partial charge is 0.419 e. The second kappa shape index (κ2) is 6.47. The molecule has 0 fully saturated rings. The molecule has 1 aromatic rings. The lowest BCUT2D eigenvalue weighted by Gasteiger charge is -2.17. The Morgan fingerprint density at radius 3 is 2.60 bits per heavy atom. The first kappa shape index (κ1) is 16.1. The van der Waals surface area contributed by atoms with E-state index in [-0.39, 0.29) is 24.0 Å². The van der Waals surface area contributed by atoms with Gasteiger partial charge < -0.3 is 20.4 Å². The summed E-state index contributed by atoms with van der Waals surface area (Å²) in [6.45, 7) is 1.64. The van der Waals surface area contributed by atoms with Gasteiger partial charge in [-0.05, 0) is 25.1 Å². The Morgan fingerprint density at radius 2 is 2.10 bits per heavy atom. The van der Waals surface area contributed by atoms with Crippen LogP contribution < -0.4 is 10.5 Å². The van der Waals surface area contributed by atoms with Gasteiger partial charge in [-0.25, -0.2) is 0 Å². The molecule has 0 amide bonds. The molecule has 0 saturated heterocycles. The molecule has 112 valence electrons. The van der Waals surface area contributed by atoms with Crippen molar-refractivity contribution in [3.05, 3.63) is 29.3 Å². The van der Waals surface area contributed by atoms with Gasteiger partial charge in [0.25, 0.3) is 0 Å². The van der Waals surface area contributed by atoms with E-state index in [1.165, 1.54) is 13.2 Å². The molecule has 0 aliphatic carbocycles. The molecule has 5 nitrogen and oxygen atoms in total. The van der Waals surface area contributed by atoms with Crippen LogP contribution in [0.1, 0.15) is 18.1 Å². The SMILES string of the molecule is COC(C)COc1ccc(/C(N)=N/O)cc1C(F)(F)F. The lowest BCUT2D eigenvalue weighted by Crippen LogP contribution is -2.19. The van der Waals surface area contributed by atoms with Crippen LogP contribution in [0.4, 0.5) is 13.2 Å². The molecule has 1 unspecified atom stereocenters. The van der Waals surface area contributed by atoms with Crippen molar-refractivity contribution in [1.29, 1.82) is 0 Å². The first-order valence-corrected chi connectivity index (χ1v) is 5.64. The third-order valence-electron chi connectivity index (χ3n) is 2.56. The molecule has 1 atom stereocenters. The van der Waals surface area contributed by atoms with Gasteiger partial charge in [0.2, 0.25) is 0 Å². The molecule has 3 N–H and O–H groups in total. The number of benzene rings is 1. The summed E-state index contributed by atoms with van der Waals surface area (Å²) in [5.74, 6) is -0.747. The van der Waals surface area contributed by atoms with Crippen LogP contribution in [0.2, 0.25) is 0 Å². The van der Waals surface area contributed by atoms with E-state index in [4.69, 9.17) is 20.4 Å². The number of halogens is 3. The fraction of sp³-hybridized carbons (Fsp3) is 0.417. The molecule has 1 rings (SSSR count). The fourth-order valence-corrected chi connectivity index (χ4v) is 1.37. The second-order valence-corrected chi connectivity index (χ2v) is 4.05. The fourth-order valence-electron chi connectivity index (χ4n) is 1.37. The normalized spacial score (nSPS) is 14.2. The van der Waals surface area contributed by atoms with Crippen LogP contribution >= 0.6 is 0 Å². The minimum absolute atomic E-state index is 0.0253. The largest absolute Gasteiger partial charge is 0.490 e. The summed E-state index contributed by atoms with van der Waals surface area (Å²) in [6, 6.07) is 3.16. The number of methoxy groups -OCH3 is 1. The van der Waals surface area contributed by atoms with E-state index in [1.807, 2.05) is 0 Å². The standard InChI is InChI=1S/C12H15F3N2O3/c1-7(19-2)6-20-10-4-3-8(11(16)17-18)5-9(10)12(13,14)15/h3-5,7,18H,6H2,1-2H3,(H2,16,17). The zero-order chi connectivity index (χ0) is 15.3. The first-order chi connectivity index (χ1) is 9.29. The van der Waals surface area contributed by atoms with Crippen molar-refractivity contribution >= 4 is 5.84 Å². The Hall–Kier alpha value is -1.96. The number of oxime groups is 1. The number of ether oxygens (including phenoxy) is 2. The summed E-state index contributed by atoms with van der Waals surface area (Å²) in [4.78, 5) is 0. The van der Waals surface area contributed by atoms with Gasteiger partial charge in [-0.15, -0.1) is 0 Å². The lowest BCUT2D eigenvalue weighted by atomic mass is 10.1. The minimum atomic E-state index is -4.61. The van der Waals surface area contributed by atoms with E-state index < -0.39 is 17.6 Å². The monoisotopic (exact) mass is 292 g/mol. The van der Waals surface area contributed by atoms with Crippen molar-refractivity contribution in [2.75, 3.05) is 13.7 Å². The number of hydrogen-bond acceptors (Lipinski definition) is 4. The highest BCUT2D eigenvalue weighted by molar-refractivity contribution is 5.97. The zero-order valence-corrected chi connectivity index (χ0v) is 10.9. The topological polar surface area (TPSA) is 77.1 Å². The van der Waals surface area contributed by atoms with Gasteiger partial charge in [0.1, 0.15) is 12.4 Å². The van der Waals surface area contributed by atoms with Crippen LogP contribution in [0.5, 0.6) is 5.75 Å². The molecule has 0 spiro atoms. The van der Waals surface area contributed by atoms with E-state index >= 15 is 0 Å². The maximum atomic E-state index is 12.9. The summed E-state index contributed by atoms with van der Waals surface area (Å²) in [5, 5.41) is 11.2. The third-order valence-corrected chi connectivity index (χ3v) is 2.56. The van der Waals surface area contributed by atoms with Crippen molar-refractivity contribution in [3.8, 4) is 5.75 Å². The van der Waals surface area contributed by atoms with Gasteiger partial charge in [0.05, 0.1) is 11.7 Å². The van der Waals surface area contributed by atoms with Crippen LogP contribution in [0.3, 0.4) is 0 Å². The zero-order valence-electron chi connectivity index (χ0n) is 10.9. The summed E-state index contributed by atoms with van der Waals surface area (Å²) in [5.41, 5.74) is 4.23. The van der Waals surface area contributed by atoms with Gasteiger partial charge in [0.15, 0.2) is 5.84 Å². The molecule has 8 heteroatoms. The van der Waals surface area contributed by atoms with Gasteiger partial charge in [0, 0.05) is 12.7 Å². The third kappa shape index (κ3) is 4.02. The van der Waals surface area contributed by atoms with Crippen LogP contribution in [0.25, 0.3) is 0 Å². The summed E-state index contributed by atoms with van der Waals surface area (Å²) in [6.07, 6.45) is -4.96. The summed E-state index contributed by atoms with van der Waals surface area (Å²) >= 11 is 0. The number of nitrogens with zero attached hydrogens (tertiary/aromatic N) is 1. The number of alkyl halides is 3. The van der Waals surface area contributed by atoms with Gasteiger partial charge in [-0.3, -0.25) is 0 Å². The number of amidine groups is 1. The van der Waals surface area contributed by atoms with E-state index in [2.05, 4.69) is 5.16 Å². The van der Waals surface area contributed by atoms with E-state index in [0.29, 0.717) is 0 Å². The lowest BCUT2D eigenvalue weighted by molar-refractivity contribution is -0.139. The summed E-state index contributed by atoms with van der Waals surface area (Å²) in [7, 11) is 1.43.